The number of hydrogen-bond donors (Lipinski definition) is 2. The van der Waals surface area contributed by atoms with E-state index in [-0.39, 0.29) is 5.69 Å². The normalized spacial score (nSPS) is 10.7. The summed E-state index contributed by atoms with van der Waals surface area (Å²) in [7, 11) is 0. The summed E-state index contributed by atoms with van der Waals surface area (Å²) in [6, 6.07) is 6.88. The molecule has 90 valence electrons. The third-order valence-electron chi connectivity index (χ3n) is 2.50. The van der Waals surface area contributed by atoms with Gasteiger partial charge in [-0.05, 0) is 18.2 Å². The van der Waals surface area contributed by atoms with Gasteiger partial charge in [-0.2, -0.15) is 5.10 Å². The number of carbonyl (C=O) groups is 1. The molecule has 0 aliphatic carbocycles. The lowest BCUT2D eigenvalue weighted by molar-refractivity contribution is 0.0948. The van der Waals surface area contributed by atoms with Gasteiger partial charge in [0.05, 0.1) is 6.26 Å². The maximum atomic E-state index is 11.4. The standard InChI is InChI=1S/C11H9N5O2/c12-14-11(17)7-6-10-13-4-3-8(16(10)15-7)9-2-1-5-18-9/h1-6H,12H2,(H,14,17). The molecule has 0 bridgehead atoms. The van der Waals surface area contributed by atoms with Crippen molar-refractivity contribution in [2.45, 2.75) is 0 Å². The van der Waals surface area contributed by atoms with Gasteiger partial charge in [0, 0.05) is 12.3 Å². The maximum Gasteiger partial charge on any atom is 0.285 e. The minimum absolute atomic E-state index is 0.198. The number of nitrogens with two attached hydrogens (primary N) is 1. The van der Waals surface area contributed by atoms with Gasteiger partial charge in [0.25, 0.3) is 5.91 Å². The van der Waals surface area contributed by atoms with Gasteiger partial charge in [-0.3, -0.25) is 10.2 Å². The van der Waals surface area contributed by atoms with Crippen LogP contribution in [0.4, 0.5) is 0 Å². The lowest BCUT2D eigenvalue weighted by Crippen LogP contribution is -2.30. The van der Waals surface area contributed by atoms with Crippen molar-refractivity contribution < 1.29 is 9.21 Å². The number of furan rings is 1. The molecule has 3 aromatic rings. The van der Waals surface area contributed by atoms with Crippen LogP contribution in [0.2, 0.25) is 0 Å². The van der Waals surface area contributed by atoms with Gasteiger partial charge < -0.3 is 4.42 Å². The van der Waals surface area contributed by atoms with Crippen molar-refractivity contribution in [3.8, 4) is 11.5 Å². The molecule has 7 nitrogen and oxygen atoms in total. The van der Waals surface area contributed by atoms with E-state index >= 15 is 0 Å². The molecule has 0 radical (unpaired) electrons. The number of amides is 1. The molecule has 3 rings (SSSR count). The molecule has 3 aromatic heterocycles. The average molecular weight is 243 g/mol. The SMILES string of the molecule is NNC(=O)c1cc2nccc(-c3ccco3)n2n1. The monoisotopic (exact) mass is 243 g/mol. The Kier molecular flexibility index (Phi) is 2.31. The average Bonchev–Trinajstić information content (AvgIpc) is 3.05. The molecule has 0 aliphatic rings. The Balaban J connectivity index is 2.22. The van der Waals surface area contributed by atoms with Crippen LogP contribution >= 0.6 is 0 Å². The van der Waals surface area contributed by atoms with Gasteiger partial charge in [0.2, 0.25) is 0 Å². The van der Waals surface area contributed by atoms with E-state index in [1.807, 2.05) is 5.43 Å². The summed E-state index contributed by atoms with van der Waals surface area (Å²) in [4.78, 5) is 15.5. The molecule has 0 aliphatic heterocycles. The van der Waals surface area contributed by atoms with Crippen LogP contribution in [0.3, 0.4) is 0 Å². The van der Waals surface area contributed by atoms with E-state index in [9.17, 15) is 4.79 Å². The molecule has 0 unspecified atom stereocenters. The molecule has 18 heavy (non-hydrogen) atoms. The molecule has 3 N–H and O–H groups in total. The third-order valence-corrected chi connectivity index (χ3v) is 2.50. The minimum atomic E-state index is -0.467. The third kappa shape index (κ3) is 1.54. The summed E-state index contributed by atoms with van der Waals surface area (Å²) in [5.74, 6) is 5.25. The highest BCUT2D eigenvalue weighted by Gasteiger charge is 2.13. The van der Waals surface area contributed by atoms with Crippen LogP contribution in [0.15, 0.2) is 41.1 Å². The predicted octanol–water partition coefficient (Wildman–Crippen LogP) is 0.593. The van der Waals surface area contributed by atoms with Crippen LogP contribution in [0, 0.1) is 0 Å². The second-order valence-corrected chi connectivity index (χ2v) is 3.58. The quantitative estimate of drug-likeness (QED) is 0.390. The number of nitrogens with one attached hydrogen (secondary N) is 1. The van der Waals surface area contributed by atoms with Gasteiger partial charge in [-0.15, -0.1) is 0 Å². The summed E-state index contributed by atoms with van der Waals surface area (Å²) in [5.41, 5.74) is 3.48. The number of hydrogen-bond acceptors (Lipinski definition) is 5. The zero-order valence-corrected chi connectivity index (χ0v) is 9.20. The van der Waals surface area contributed by atoms with E-state index in [1.54, 1.807) is 36.7 Å². The van der Waals surface area contributed by atoms with Crippen molar-refractivity contribution in [3.63, 3.8) is 0 Å². The second-order valence-electron chi connectivity index (χ2n) is 3.58. The summed E-state index contributed by atoms with van der Waals surface area (Å²) in [5, 5.41) is 4.14. The number of nitrogens with zero attached hydrogens (tertiary/aromatic N) is 3. The lowest BCUT2D eigenvalue weighted by Gasteiger charge is -1.99. The van der Waals surface area contributed by atoms with Gasteiger partial charge in [-0.25, -0.2) is 15.3 Å². The Morgan fingerprint density at radius 2 is 2.33 bits per heavy atom. The maximum absolute atomic E-state index is 11.4. The molecular weight excluding hydrogens is 234 g/mol. The van der Waals surface area contributed by atoms with Crippen LogP contribution < -0.4 is 11.3 Å². The van der Waals surface area contributed by atoms with Crippen molar-refractivity contribution in [1.29, 1.82) is 0 Å². The van der Waals surface area contributed by atoms with Crippen molar-refractivity contribution in [3.05, 3.63) is 42.4 Å². The Labute approximate surface area is 101 Å². The summed E-state index contributed by atoms with van der Waals surface area (Å²) in [6.07, 6.45) is 3.19. The smallest absolute Gasteiger partial charge is 0.285 e. The van der Waals surface area contributed by atoms with Crippen LogP contribution in [0.25, 0.3) is 17.1 Å². The van der Waals surface area contributed by atoms with E-state index < -0.39 is 5.91 Å². The largest absolute Gasteiger partial charge is 0.463 e. The molecule has 0 spiro atoms. The fourth-order valence-corrected chi connectivity index (χ4v) is 1.69. The lowest BCUT2D eigenvalue weighted by atomic mass is 10.3. The highest BCUT2D eigenvalue weighted by molar-refractivity contribution is 5.92. The van der Waals surface area contributed by atoms with E-state index in [2.05, 4.69) is 10.1 Å². The second kappa shape index (κ2) is 3.97. The van der Waals surface area contributed by atoms with Crippen molar-refractivity contribution in [2.75, 3.05) is 0 Å². The zero-order chi connectivity index (χ0) is 12.5. The van der Waals surface area contributed by atoms with E-state index in [0.717, 1.165) is 0 Å². The molecule has 0 atom stereocenters. The van der Waals surface area contributed by atoms with Crippen molar-refractivity contribution in [2.24, 2.45) is 5.84 Å². The van der Waals surface area contributed by atoms with Crippen molar-refractivity contribution >= 4 is 11.6 Å². The van der Waals surface area contributed by atoms with E-state index in [1.165, 1.54) is 4.52 Å². The first-order valence-corrected chi connectivity index (χ1v) is 5.19. The van der Waals surface area contributed by atoms with Gasteiger partial charge in [0.1, 0.15) is 5.69 Å². The van der Waals surface area contributed by atoms with Gasteiger partial charge >= 0.3 is 0 Å². The van der Waals surface area contributed by atoms with Crippen LogP contribution in [-0.4, -0.2) is 20.5 Å². The fraction of sp³-hybridized carbons (Fsp3) is 0. The Morgan fingerprint density at radius 1 is 1.44 bits per heavy atom. The molecule has 0 saturated heterocycles. The minimum Gasteiger partial charge on any atom is -0.463 e. The number of carbonyl (C=O) groups excluding carboxylic acids is 1. The first kappa shape index (κ1) is 10.5. The van der Waals surface area contributed by atoms with Gasteiger partial charge in [0.15, 0.2) is 17.1 Å². The Hall–Kier alpha value is -2.67. The number of hydrazine groups is 1. The molecule has 1 amide bonds. The predicted molar refractivity (Wildman–Crippen MR) is 62.3 cm³/mol. The Bertz CT molecular complexity index is 701. The molecule has 0 saturated carbocycles. The molecule has 7 heteroatoms. The highest BCUT2D eigenvalue weighted by atomic mass is 16.3. The fourth-order valence-electron chi connectivity index (χ4n) is 1.69. The zero-order valence-electron chi connectivity index (χ0n) is 9.20. The first-order valence-electron chi connectivity index (χ1n) is 5.19. The van der Waals surface area contributed by atoms with Crippen LogP contribution in [0.5, 0.6) is 0 Å². The van der Waals surface area contributed by atoms with Crippen LogP contribution in [0.1, 0.15) is 10.5 Å². The summed E-state index contributed by atoms with van der Waals surface area (Å²) in [6.45, 7) is 0. The Morgan fingerprint density at radius 3 is 3.06 bits per heavy atom. The van der Waals surface area contributed by atoms with Crippen molar-refractivity contribution in [1.82, 2.24) is 20.0 Å². The number of aromatic nitrogens is 3. The van der Waals surface area contributed by atoms with E-state index in [4.69, 9.17) is 10.3 Å². The molecular formula is C11H9N5O2. The number of rotatable bonds is 2. The van der Waals surface area contributed by atoms with Gasteiger partial charge in [-0.1, -0.05) is 0 Å². The highest BCUT2D eigenvalue weighted by Crippen LogP contribution is 2.20. The van der Waals surface area contributed by atoms with E-state index in [0.29, 0.717) is 17.1 Å². The molecule has 3 heterocycles. The first-order chi connectivity index (χ1) is 8.79. The number of fused-ring (bicyclic) bond motifs is 1. The molecule has 0 aromatic carbocycles. The number of nitrogen functional groups attached to an aromatic ring is 1. The summed E-state index contributed by atoms with van der Waals surface area (Å²) < 4.78 is 6.84. The molecule has 0 fully saturated rings. The van der Waals surface area contributed by atoms with Crippen LogP contribution in [-0.2, 0) is 0 Å². The topological polar surface area (TPSA) is 98.4 Å². The summed E-state index contributed by atoms with van der Waals surface area (Å²) >= 11 is 0.